The van der Waals surface area contributed by atoms with Crippen molar-refractivity contribution < 1.29 is 24.2 Å². The van der Waals surface area contributed by atoms with E-state index in [1.165, 1.54) is 4.90 Å². The highest BCUT2D eigenvalue weighted by atomic mass is 32.2. The van der Waals surface area contributed by atoms with Gasteiger partial charge in [-0.15, -0.1) is 23.1 Å². The molecule has 1 saturated heterocycles. The summed E-state index contributed by atoms with van der Waals surface area (Å²) in [6.45, 7) is 2.28. The number of nitrogens with zero attached hydrogens (tertiary/aromatic N) is 1. The quantitative estimate of drug-likeness (QED) is 0.380. The van der Waals surface area contributed by atoms with Crippen LogP contribution in [0.15, 0.2) is 47.8 Å². The predicted octanol–water partition coefficient (Wildman–Crippen LogP) is 3.14. The highest BCUT2D eigenvalue weighted by Gasteiger charge is 2.35. The van der Waals surface area contributed by atoms with E-state index in [4.69, 9.17) is 4.74 Å². The monoisotopic (exact) mass is 476 g/mol. The molecule has 4 atom stereocenters. The van der Waals surface area contributed by atoms with Crippen LogP contribution in [0.1, 0.15) is 35.0 Å². The zero-order chi connectivity index (χ0) is 22.9. The van der Waals surface area contributed by atoms with Crippen molar-refractivity contribution in [1.82, 2.24) is 10.2 Å². The number of aldehydes is 1. The lowest BCUT2D eigenvalue weighted by molar-refractivity contribution is -0.145. The number of carbonyl (C=O) groups excluding carboxylic acids is 2. The van der Waals surface area contributed by atoms with Crippen LogP contribution in [0.2, 0.25) is 0 Å². The van der Waals surface area contributed by atoms with E-state index in [-0.39, 0.29) is 23.6 Å². The summed E-state index contributed by atoms with van der Waals surface area (Å²) in [6.07, 6.45) is 0.759. The molecule has 1 amide bonds. The molecule has 3 rings (SSSR count). The number of carboxylic acids is 1. The van der Waals surface area contributed by atoms with Crippen LogP contribution in [-0.2, 0) is 19.1 Å². The third-order valence-electron chi connectivity index (χ3n) is 5.26. The van der Waals surface area contributed by atoms with Gasteiger partial charge < -0.3 is 19.5 Å². The van der Waals surface area contributed by atoms with E-state index in [0.717, 1.165) is 16.7 Å². The summed E-state index contributed by atoms with van der Waals surface area (Å²) in [4.78, 5) is 38.9. The first-order valence-electron chi connectivity index (χ1n) is 10.5. The molecule has 2 aromatic rings. The molecular formula is C23H28N2O5S2. The van der Waals surface area contributed by atoms with E-state index >= 15 is 0 Å². The number of thiophene rings is 1. The fourth-order valence-corrected chi connectivity index (χ4v) is 5.99. The van der Waals surface area contributed by atoms with Gasteiger partial charge in [-0.1, -0.05) is 36.4 Å². The number of hydrogen-bond acceptors (Lipinski definition) is 7. The van der Waals surface area contributed by atoms with E-state index in [9.17, 15) is 19.5 Å². The Morgan fingerprint density at radius 3 is 2.72 bits per heavy atom. The van der Waals surface area contributed by atoms with Gasteiger partial charge in [0.25, 0.3) is 0 Å². The smallest absolute Gasteiger partial charge is 0.323 e. The van der Waals surface area contributed by atoms with Crippen molar-refractivity contribution in [3.8, 4) is 0 Å². The van der Waals surface area contributed by atoms with Crippen LogP contribution >= 0.6 is 23.1 Å². The molecule has 2 N–H and O–H groups in total. The summed E-state index contributed by atoms with van der Waals surface area (Å²) in [5, 5.41) is 14.6. The van der Waals surface area contributed by atoms with E-state index in [1.807, 2.05) is 54.8 Å². The standard InChI is InChI=1S/C23H28N2O5S2/c1-2-30-21(11-17(14-26)16-7-4-3-5-8-16)24-18-15-32-20(19-9-6-10-31-19)12-25(23(18)29)13-22(27)28/h3-10,14,17-18,20-21,24H,2,11-13,15H2,1H3,(H,27,28)/t17?,18-,20-,21-/m0/s1. The van der Waals surface area contributed by atoms with Gasteiger partial charge in [0.2, 0.25) is 5.91 Å². The van der Waals surface area contributed by atoms with E-state index < -0.39 is 18.2 Å². The predicted molar refractivity (Wildman–Crippen MR) is 126 cm³/mol. The molecule has 1 unspecified atom stereocenters. The van der Waals surface area contributed by atoms with Crippen molar-refractivity contribution in [2.45, 2.75) is 36.8 Å². The largest absolute Gasteiger partial charge is 0.480 e. The molecule has 0 aliphatic carbocycles. The Bertz CT molecular complexity index is 878. The van der Waals surface area contributed by atoms with Crippen LogP contribution in [-0.4, -0.2) is 65.9 Å². The molecule has 2 heterocycles. The number of nitrogens with one attached hydrogen (secondary N) is 1. The number of aliphatic carboxylic acids is 1. The van der Waals surface area contributed by atoms with Crippen molar-refractivity contribution >= 4 is 41.3 Å². The minimum atomic E-state index is -1.04. The summed E-state index contributed by atoms with van der Waals surface area (Å²) >= 11 is 3.24. The van der Waals surface area contributed by atoms with Gasteiger partial charge in [0, 0.05) is 36.1 Å². The molecule has 1 aromatic heterocycles. The Labute approximate surface area is 196 Å². The average molecular weight is 477 g/mol. The number of rotatable bonds is 11. The summed E-state index contributed by atoms with van der Waals surface area (Å²) in [7, 11) is 0. The first-order chi connectivity index (χ1) is 15.5. The summed E-state index contributed by atoms with van der Waals surface area (Å²) in [5.41, 5.74) is 0.890. The number of amides is 1. The molecule has 1 aliphatic heterocycles. The molecule has 1 aromatic carbocycles. The Kier molecular flexibility index (Phi) is 9.28. The first kappa shape index (κ1) is 24.4. The molecule has 32 heavy (non-hydrogen) atoms. The van der Waals surface area contributed by atoms with Gasteiger partial charge in [-0.25, -0.2) is 0 Å². The van der Waals surface area contributed by atoms with E-state index in [0.29, 0.717) is 25.3 Å². The Balaban J connectivity index is 1.75. The van der Waals surface area contributed by atoms with E-state index in [2.05, 4.69) is 5.32 Å². The maximum atomic E-state index is 13.2. The van der Waals surface area contributed by atoms with Crippen LogP contribution < -0.4 is 5.32 Å². The Hall–Kier alpha value is -2.20. The molecule has 1 aliphatic rings. The van der Waals surface area contributed by atoms with E-state index in [1.54, 1.807) is 23.1 Å². The van der Waals surface area contributed by atoms with Crippen LogP contribution in [0.3, 0.4) is 0 Å². The molecule has 7 nitrogen and oxygen atoms in total. The minimum Gasteiger partial charge on any atom is -0.480 e. The van der Waals surface area contributed by atoms with Gasteiger partial charge in [0.15, 0.2) is 0 Å². The van der Waals surface area contributed by atoms with Gasteiger partial charge in [-0.2, -0.15) is 0 Å². The van der Waals surface area contributed by atoms with Crippen molar-refractivity contribution in [1.29, 1.82) is 0 Å². The van der Waals surface area contributed by atoms with Gasteiger partial charge in [-0.05, 0) is 23.9 Å². The zero-order valence-corrected chi connectivity index (χ0v) is 19.5. The van der Waals surface area contributed by atoms with Gasteiger partial charge >= 0.3 is 5.97 Å². The van der Waals surface area contributed by atoms with Gasteiger partial charge in [0.1, 0.15) is 19.1 Å². The Morgan fingerprint density at radius 2 is 2.09 bits per heavy atom. The molecule has 0 spiro atoms. The maximum absolute atomic E-state index is 13.2. The summed E-state index contributed by atoms with van der Waals surface area (Å²) in [6, 6.07) is 12.8. The number of thioether (sulfide) groups is 1. The molecule has 1 fully saturated rings. The molecule has 0 bridgehead atoms. The maximum Gasteiger partial charge on any atom is 0.323 e. The lowest BCUT2D eigenvalue weighted by Crippen LogP contribution is -2.52. The lowest BCUT2D eigenvalue weighted by atomic mass is 9.96. The molecule has 0 saturated carbocycles. The Morgan fingerprint density at radius 1 is 1.31 bits per heavy atom. The molecule has 0 radical (unpaired) electrons. The van der Waals surface area contributed by atoms with Crippen LogP contribution in [0, 0.1) is 0 Å². The average Bonchev–Trinajstić information content (AvgIpc) is 3.28. The fraction of sp³-hybridized carbons (Fsp3) is 0.435. The van der Waals surface area contributed by atoms with Crippen molar-refractivity contribution in [3.05, 3.63) is 58.3 Å². The lowest BCUT2D eigenvalue weighted by Gasteiger charge is -2.28. The molecule has 172 valence electrons. The third kappa shape index (κ3) is 6.65. The summed E-state index contributed by atoms with van der Waals surface area (Å²) in [5.74, 6) is -1.19. The summed E-state index contributed by atoms with van der Waals surface area (Å²) < 4.78 is 5.84. The highest BCUT2D eigenvalue weighted by molar-refractivity contribution is 7.99. The van der Waals surface area contributed by atoms with Crippen molar-refractivity contribution in [2.24, 2.45) is 0 Å². The van der Waals surface area contributed by atoms with Crippen molar-refractivity contribution in [2.75, 3.05) is 25.4 Å². The third-order valence-corrected chi connectivity index (χ3v) is 7.73. The second kappa shape index (κ2) is 12.2. The SMILES string of the molecule is CCO[C@@H](CC(C=O)c1ccccc1)N[C@H]1CS[C@H](c2cccs2)CN(CC(=O)O)C1=O. The number of carboxylic acid groups (broad SMARTS) is 1. The number of benzene rings is 1. The number of hydrogen-bond donors (Lipinski definition) is 2. The fourth-order valence-electron chi connectivity index (χ4n) is 3.73. The molecular weight excluding hydrogens is 448 g/mol. The number of carbonyl (C=O) groups is 3. The topological polar surface area (TPSA) is 95.9 Å². The second-order valence-corrected chi connectivity index (χ2v) is 9.72. The van der Waals surface area contributed by atoms with Crippen LogP contribution in [0.5, 0.6) is 0 Å². The highest BCUT2D eigenvalue weighted by Crippen LogP contribution is 2.35. The van der Waals surface area contributed by atoms with Crippen molar-refractivity contribution in [3.63, 3.8) is 0 Å². The van der Waals surface area contributed by atoms with Gasteiger partial charge in [-0.3, -0.25) is 14.9 Å². The second-order valence-electron chi connectivity index (χ2n) is 7.50. The number of ether oxygens (including phenoxy) is 1. The van der Waals surface area contributed by atoms with Crippen LogP contribution in [0.4, 0.5) is 0 Å². The zero-order valence-electron chi connectivity index (χ0n) is 17.9. The minimum absolute atomic E-state index is 0.0164. The van der Waals surface area contributed by atoms with Crippen LogP contribution in [0.25, 0.3) is 0 Å². The molecule has 9 heteroatoms. The van der Waals surface area contributed by atoms with Gasteiger partial charge in [0.05, 0.1) is 11.3 Å². The normalized spacial score (nSPS) is 21.0. The first-order valence-corrected chi connectivity index (χ1v) is 12.5.